The zero-order chi connectivity index (χ0) is 36.4. The van der Waals surface area contributed by atoms with E-state index in [9.17, 15) is 0 Å². The standard InChI is InChI=1S/C51H34N4/c1-51(2)39-24-10-5-20-35(39)46-38(23-15-25-40(46)51)49-52-41-26-11-6-21-36(41)50(53-49)55-44-29-14-9-22-37(44)47-45(55)30-31-16-3-4-17-32(31)48(47)54-42-27-12-7-18-33(42)34-19-8-13-28-43(34)54/h3-30H,1-2H3. The first kappa shape index (κ1) is 30.4. The summed E-state index contributed by atoms with van der Waals surface area (Å²) in [4.78, 5) is 11.0. The molecule has 8 aromatic carbocycles. The maximum Gasteiger partial charge on any atom is 0.162 e. The summed E-state index contributed by atoms with van der Waals surface area (Å²) in [5.74, 6) is 1.60. The minimum Gasteiger partial charge on any atom is -0.308 e. The molecule has 4 heteroatoms. The Hall–Kier alpha value is -7.04. The molecule has 0 radical (unpaired) electrons. The van der Waals surface area contributed by atoms with E-state index < -0.39 is 0 Å². The van der Waals surface area contributed by atoms with Crippen molar-refractivity contribution < 1.29 is 0 Å². The van der Waals surface area contributed by atoms with Crippen LogP contribution in [0.2, 0.25) is 0 Å². The molecule has 55 heavy (non-hydrogen) atoms. The van der Waals surface area contributed by atoms with Gasteiger partial charge in [-0.25, -0.2) is 9.97 Å². The molecular formula is C51H34N4. The summed E-state index contributed by atoms with van der Waals surface area (Å²) in [7, 11) is 0. The van der Waals surface area contributed by atoms with Crippen LogP contribution in [0.25, 0.3) is 99.3 Å². The average Bonchev–Trinajstić information content (AvgIpc) is 3.83. The minimum absolute atomic E-state index is 0.126. The number of hydrogen-bond donors (Lipinski definition) is 0. The Morgan fingerprint density at radius 3 is 1.76 bits per heavy atom. The van der Waals surface area contributed by atoms with E-state index in [1.807, 2.05) is 0 Å². The number of benzene rings is 8. The zero-order valence-electron chi connectivity index (χ0n) is 30.5. The molecule has 0 unspecified atom stereocenters. The highest BCUT2D eigenvalue weighted by Gasteiger charge is 2.37. The van der Waals surface area contributed by atoms with E-state index in [1.54, 1.807) is 0 Å². The van der Waals surface area contributed by atoms with Crippen LogP contribution >= 0.6 is 0 Å². The van der Waals surface area contributed by atoms with Gasteiger partial charge in [0, 0.05) is 43.3 Å². The van der Waals surface area contributed by atoms with E-state index in [4.69, 9.17) is 9.97 Å². The molecule has 0 aliphatic heterocycles. The molecule has 0 spiro atoms. The van der Waals surface area contributed by atoms with Gasteiger partial charge in [0.25, 0.3) is 0 Å². The van der Waals surface area contributed by atoms with Crippen LogP contribution in [-0.4, -0.2) is 19.1 Å². The Bertz CT molecular complexity index is 3360. The quantitative estimate of drug-likeness (QED) is 0.184. The van der Waals surface area contributed by atoms with Crippen molar-refractivity contribution in [1.29, 1.82) is 0 Å². The van der Waals surface area contributed by atoms with E-state index in [0.29, 0.717) is 0 Å². The van der Waals surface area contributed by atoms with Crippen molar-refractivity contribution in [1.82, 2.24) is 19.1 Å². The number of hydrogen-bond acceptors (Lipinski definition) is 2. The summed E-state index contributed by atoms with van der Waals surface area (Å²) in [5, 5.41) is 8.26. The summed E-state index contributed by atoms with van der Waals surface area (Å²) in [6.45, 7) is 4.65. The highest BCUT2D eigenvalue weighted by Crippen LogP contribution is 2.52. The van der Waals surface area contributed by atoms with Gasteiger partial charge in [-0.3, -0.25) is 4.57 Å². The Morgan fingerprint density at radius 1 is 0.436 bits per heavy atom. The summed E-state index contributed by atoms with van der Waals surface area (Å²) in [5.41, 5.74) is 12.8. The van der Waals surface area contributed by atoms with E-state index in [1.165, 1.54) is 71.3 Å². The van der Waals surface area contributed by atoms with Crippen molar-refractivity contribution in [3.63, 3.8) is 0 Å². The predicted molar refractivity (Wildman–Crippen MR) is 229 cm³/mol. The van der Waals surface area contributed by atoms with E-state index >= 15 is 0 Å². The maximum absolute atomic E-state index is 5.63. The summed E-state index contributed by atoms with van der Waals surface area (Å²) < 4.78 is 4.88. The third-order valence-electron chi connectivity index (χ3n) is 12.1. The lowest BCUT2D eigenvalue weighted by molar-refractivity contribution is 0.660. The van der Waals surface area contributed by atoms with E-state index in [0.717, 1.165) is 39.1 Å². The average molecular weight is 703 g/mol. The normalized spacial score (nSPS) is 13.4. The van der Waals surface area contributed by atoms with Crippen LogP contribution < -0.4 is 0 Å². The van der Waals surface area contributed by atoms with Gasteiger partial charge in [-0.2, -0.15) is 0 Å². The van der Waals surface area contributed by atoms with Gasteiger partial charge in [-0.15, -0.1) is 0 Å². The molecule has 0 amide bonds. The number of rotatable bonds is 3. The number of nitrogens with zero attached hydrogens (tertiary/aromatic N) is 4. The second kappa shape index (κ2) is 11.0. The first-order valence-corrected chi connectivity index (χ1v) is 19.0. The molecule has 0 fully saturated rings. The van der Waals surface area contributed by atoms with Crippen molar-refractivity contribution >= 4 is 65.3 Å². The molecule has 0 saturated carbocycles. The highest BCUT2D eigenvalue weighted by atomic mass is 15.1. The van der Waals surface area contributed by atoms with Crippen LogP contribution in [0.5, 0.6) is 0 Å². The van der Waals surface area contributed by atoms with Gasteiger partial charge in [0.1, 0.15) is 5.82 Å². The third-order valence-corrected chi connectivity index (χ3v) is 12.1. The molecule has 1 aliphatic carbocycles. The number of aromatic nitrogens is 4. The molecule has 0 bridgehead atoms. The molecule has 258 valence electrons. The summed E-state index contributed by atoms with van der Waals surface area (Å²) in [6.07, 6.45) is 0. The summed E-state index contributed by atoms with van der Waals surface area (Å²) >= 11 is 0. The van der Waals surface area contributed by atoms with E-state index in [2.05, 4.69) is 193 Å². The van der Waals surface area contributed by atoms with Crippen molar-refractivity contribution in [3.05, 3.63) is 181 Å². The van der Waals surface area contributed by atoms with Crippen molar-refractivity contribution in [3.8, 4) is 34.0 Å². The van der Waals surface area contributed by atoms with Gasteiger partial charge in [0.2, 0.25) is 0 Å². The van der Waals surface area contributed by atoms with Crippen LogP contribution in [0.1, 0.15) is 25.0 Å². The first-order chi connectivity index (χ1) is 27.1. The van der Waals surface area contributed by atoms with Crippen molar-refractivity contribution in [2.75, 3.05) is 0 Å². The van der Waals surface area contributed by atoms with Gasteiger partial charge in [-0.05, 0) is 64.0 Å². The molecule has 0 saturated heterocycles. The van der Waals surface area contributed by atoms with Crippen LogP contribution in [-0.2, 0) is 5.41 Å². The first-order valence-electron chi connectivity index (χ1n) is 19.0. The van der Waals surface area contributed by atoms with Crippen molar-refractivity contribution in [2.45, 2.75) is 19.3 Å². The predicted octanol–water partition coefficient (Wildman–Crippen LogP) is 13.0. The van der Waals surface area contributed by atoms with Gasteiger partial charge < -0.3 is 4.57 Å². The molecule has 0 N–H and O–H groups in total. The maximum atomic E-state index is 5.63. The molecule has 3 aromatic heterocycles. The molecular weight excluding hydrogens is 669 g/mol. The molecule has 11 aromatic rings. The molecule has 4 nitrogen and oxygen atoms in total. The van der Waals surface area contributed by atoms with Gasteiger partial charge in [-0.1, -0.05) is 147 Å². The zero-order valence-corrected chi connectivity index (χ0v) is 30.5. The SMILES string of the molecule is CC1(C)c2ccccc2-c2c(-c3nc(-n4c5ccccc5c5c(-n6c7ccccc7c7ccccc76)c6ccccc6cc54)c4ccccc4n3)cccc21. The second-order valence-electron chi connectivity index (χ2n) is 15.3. The topological polar surface area (TPSA) is 35.6 Å². The Balaban J connectivity index is 1.24. The van der Waals surface area contributed by atoms with E-state index in [-0.39, 0.29) is 5.41 Å². The minimum atomic E-state index is -0.126. The Kier molecular flexibility index (Phi) is 6.09. The second-order valence-corrected chi connectivity index (χ2v) is 15.3. The Morgan fingerprint density at radius 2 is 1.00 bits per heavy atom. The monoisotopic (exact) mass is 702 g/mol. The van der Waals surface area contributed by atoms with Crippen LogP contribution in [0.4, 0.5) is 0 Å². The fourth-order valence-electron chi connectivity index (χ4n) is 9.68. The van der Waals surface area contributed by atoms with Crippen LogP contribution in [0.3, 0.4) is 0 Å². The van der Waals surface area contributed by atoms with Gasteiger partial charge in [0.15, 0.2) is 5.82 Å². The van der Waals surface area contributed by atoms with Gasteiger partial charge >= 0.3 is 0 Å². The smallest absolute Gasteiger partial charge is 0.162 e. The number of fused-ring (bicyclic) bond motifs is 11. The lowest BCUT2D eigenvalue weighted by Gasteiger charge is -2.21. The largest absolute Gasteiger partial charge is 0.308 e. The van der Waals surface area contributed by atoms with Gasteiger partial charge in [0.05, 0.1) is 33.3 Å². The fourth-order valence-corrected chi connectivity index (χ4v) is 9.68. The lowest BCUT2D eigenvalue weighted by atomic mass is 9.82. The highest BCUT2D eigenvalue weighted by molar-refractivity contribution is 6.22. The summed E-state index contributed by atoms with van der Waals surface area (Å²) in [6, 6.07) is 61.5. The van der Waals surface area contributed by atoms with Crippen molar-refractivity contribution in [2.24, 2.45) is 0 Å². The fraction of sp³-hybridized carbons (Fsp3) is 0.0588. The molecule has 12 rings (SSSR count). The number of para-hydroxylation sites is 4. The molecule has 0 atom stereocenters. The van der Waals surface area contributed by atoms with Crippen LogP contribution in [0, 0.1) is 0 Å². The Labute approximate surface area is 317 Å². The third kappa shape index (κ3) is 4.06. The molecule has 3 heterocycles. The van der Waals surface area contributed by atoms with Crippen LogP contribution in [0.15, 0.2) is 170 Å². The lowest BCUT2D eigenvalue weighted by Crippen LogP contribution is -2.14. The molecule has 1 aliphatic rings.